The van der Waals surface area contributed by atoms with Crippen LogP contribution in [0.3, 0.4) is 0 Å². The normalized spacial score (nSPS) is 17.2. The van der Waals surface area contributed by atoms with Gasteiger partial charge >= 0.3 is 0 Å². The highest BCUT2D eigenvalue weighted by Gasteiger charge is 2.18. The second kappa shape index (κ2) is 6.27. The number of aromatic nitrogens is 2. The summed E-state index contributed by atoms with van der Waals surface area (Å²) in [7, 11) is 0. The van der Waals surface area contributed by atoms with E-state index < -0.39 is 0 Å². The molecule has 7 heteroatoms. The van der Waals surface area contributed by atoms with Gasteiger partial charge in [-0.3, -0.25) is 4.90 Å². The molecule has 5 nitrogen and oxygen atoms in total. The van der Waals surface area contributed by atoms with Gasteiger partial charge in [-0.1, -0.05) is 11.6 Å². The van der Waals surface area contributed by atoms with Gasteiger partial charge in [0.2, 0.25) is 5.89 Å². The van der Waals surface area contributed by atoms with Crippen LogP contribution in [-0.4, -0.2) is 39.0 Å². The molecule has 1 aromatic heterocycles. The highest BCUT2D eigenvalue weighted by atomic mass is 35.5. The van der Waals surface area contributed by atoms with Crippen LogP contribution in [0.4, 0.5) is 0 Å². The van der Waals surface area contributed by atoms with Gasteiger partial charge in [0.05, 0.1) is 12.8 Å². The Morgan fingerprint density at radius 2 is 1.95 bits per heavy atom. The monoisotopic (exact) mass is 325 g/mol. The first-order valence-electron chi connectivity index (χ1n) is 6.86. The fourth-order valence-corrected chi connectivity index (χ4v) is 2.66. The summed E-state index contributed by atoms with van der Waals surface area (Å²) >= 11 is 11.1. The van der Waals surface area contributed by atoms with Crippen LogP contribution in [0, 0.1) is 4.84 Å². The molecule has 2 heterocycles. The topological polar surface area (TPSA) is 54.4 Å². The predicted molar refractivity (Wildman–Crippen MR) is 82.6 cm³/mol. The fraction of sp³-hybridized carbons (Fsp3) is 0.429. The first-order valence-corrected chi connectivity index (χ1v) is 7.65. The van der Waals surface area contributed by atoms with Gasteiger partial charge < -0.3 is 9.52 Å². The van der Waals surface area contributed by atoms with E-state index in [0.29, 0.717) is 22.4 Å². The van der Waals surface area contributed by atoms with E-state index in [1.165, 1.54) is 0 Å². The molecule has 0 saturated carbocycles. The molecule has 0 bridgehead atoms. The molecule has 21 heavy (non-hydrogen) atoms. The van der Waals surface area contributed by atoms with Crippen LogP contribution in [0.1, 0.15) is 12.8 Å². The first kappa shape index (κ1) is 14.7. The van der Waals surface area contributed by atoms with Gasteiger partial charge in [-0.15, -0.1) is 5.10 Å². The highest BCUT2D eigenvalue weighted by molar-refractivity contribution is 7.71. The van der Waals surface area contributed by atoms with Crippen molar-refractivity contribution in [1.82, 2.24) is 14.7 Å². The van der Waals surface area contributed by atoms with E-state index in [1.807, 2.05) is 12.1 Å². The molecule has 2 aromatic rings. The van der Waals surface area contributed by atoms with Crippen molar-refractivity contribution in [3.63, 3.8) is 0 Å². The minimum absolute atomic E-state index is 0.184. The second-order valence-corrected chi connectivity index (χ2v) is 5.96. The van der Waals surface area contributed by atoms with Crippen LogP contribution in [0.5, 0.6) is 0 Å². The lowest BCUT2D eigenvalue weighted by Crippen LogP contribution is -2.37. The Kier molecular flexibility index (Phi) is 4.40. The number of rotatable bonds is 3. The number of likely N-dealkylation sites (tertiary alicyclic amines) is 1. The van der Waals surface area contributed by atoms with Gasteiger partial charge in [0.1, 0.15) is 0 Å². The van der Waals surface area contributed by atoms with Crippen LogP contribution in [0.15, 0.2) is 28.7 Å². The lowest BCUT2D eigenvalue weighted by Gasteiger charge is -2.28. The van der Waals surface area contributed by atoms with Gasteiger partial charge in [-0.2, -0.15) is 0 Å². The van der Waals surface area contributed by atoms with Crippen LogP contribution in [0.25, 0.3) is 11.5 Å². The smallest absolute Gasteiger partial charge is 0.288 e. The number of hydrogen-bond acceptors (Lipinski definition) is 5. The van der Waals surface area contributed by atoms with Crippen molar-refractivity contribution < 1.29 is 9.52 Å². The molecule has 1 fully saturated rings. The lowest BCUT2D eigenvalue weighted by molar-refractivity contribution is 0.0647. The van der Waals surface area contributed by atoms with Crippen molar-refractivity contribution in [2.45, 2.75) is 25.6 Å². The summed E-state index contributed by atoms with van der Waals surface area (Å²) in [6.45, 7) is 2.26. The molecule has 0 spiro atoms. The summed E-state index contributed by atoms with van der Waals surface area (Å²) in [5, 5.41) is 14.6. The third kappa shape index (κ3) is 3.52. The quantitative estimate of drug-likeness (QED) is 0.879. The van der Waals surface area contributed by atoms with E-state index in [9.17, 15) is 5.11 Å². The highest BCUT2D eigenvalue weighted by Crippen LogP contribution is 2.20. The van der Waals surface area contributed by atoms with Crippen molar-refractivity contribution in [3.8, 4) is 11.5 Å². The zero-order chi connectivity index (χ0) is 14.8. The predicted octanol–water partition coefficient (Wildman–Crippen LogP) is 2.94. The standard InChI is InChI=1S/C14H16ClN3O2S/c15-11-3-1-10(2-4-11)13-16-18(14(21)20-13)9-17-7-5-12(19)6-8-17/h1-4,12,19H,5-9H2. The largest absolute Gasteiger partial charge is 0.409 e. The van der Waals surface area contributed by atoms with Crippen molar-refractivity contribution in [1.29, 1.82) is 0 Å². The minimum Gasteiger partial charge on any atom is -0.409 e. The molecule has 0 atom stereocenters. The molecule has 1 N–H and O–H groups in total. The van der Waals surface area contributed by atoms with Crippen LogP contribution in [-0.2, 0) is 6.67 Å². The Labute approximate surface area is 132 Å². The molecule has 0 amide bonds. The number of halogens is 1. The summed E-state index contributed by atoms with van der Waals surface area (Å²) in [4.78, 5) is 2.56. The van der Waals surface area contributed by atoms with Crippen LogP contribution in [0.2, 0.25) is 5.02 Å². The average molecular weight is 326 g/mol. The summed E-state index contributed by atoms with van der Waals surface area (Å²) < 4.78 is 7.23. The Morgan fingerprint density at radius 3 is 2.62 bits per heavy atom. The van der Waals surface area contributed by atoms with E-state index in [-0.39, 0.29) is 6.10 Å². The zero-order valence-electron chi connectivity index (χ0n) is 11.4. The molecule has 1 aromatic carbocycles. The third-order valence-electron chi connectivity index (χ3n) is 3.59. The molecular weight excluding hydrogens is 310 g/mol. The maximum Gasteiger partial charge on any atom is 0.288 e. The number of hydrogen-bond donors (Lipinski definition) is 1. The number of aliphatic hydroxyl groups excluding tert-OH is 1. The van der Waals surface area contributed by atoms with Crippen molar-refractivity contribution in [2.75, 3.05) is 13.1 Å². The summed E-state index contributed by atoms with van der Waals surface area (Å²) in [6, 6.07) is 7.29. The van der Waals surface area contributed by atoms with Gasteiger partial charge in [0, 0.05) is 23.7 Å². The maximum atomic E-state index is 9.52. The summed E-state index contributed by atoms with van der Waals surface area (Å²) in [5.41, 5.74) is 0.846. The Bertz CT molecular complexity index is 660. The minimum atomic E-state index is -0.184. The maximum absolute atomic E-state index is 9.52. The number of nitrogens with zero attached hydrogens (tertiary/aromatic N) is 3. The van der Waals surface area contributed by atoms with Gasteiger partial charge in [-0.05, 0) is 49.3 Å². The van der Waals surface area contributed by atoms with Gasteiger partial charge in [-0.25, -0.2) is 4.68 Å². The van der Waals surface area contributed by atoms with Crippen molar-refractivity contribution >= 4 is 23.8 Å². The van der Waals surface area contributed by atoms with E-state index >= 15 is 0 Å². The van der Waals surface area contributed by atoms with Crippen LogP contribution < -0.4 is 0 Å². The Balaban J connectivity index is 1.75. The molecule has 0 radical (unpaired) electrons. The van der Waals surface area contributed by atoms with E-state index in [1.54, 1.807) is 16.8 Å². The van der Waals surface area contributed by atoms with Crippen LogP contribution >= 0.6 is 23.8 Å². The molecule has 0 aliphatic carbocycles. The van der Waals surface area contributed by atoms with E-state index in [4.69, 9.17) is 28.2 Å². The Hall–Kier alpha value is -1.21. The van der Waals surface area contributed by atoms with E-state index in [2.05, 4.69) is 10.00 Å². The first-order chi connectivity index (χ1) is 10.1. The number of aliphatic hydroxyl groups is 1. The zero-order valence-corrected chi connectivity index (χ0v) is 13.0. The third-order valence-corrected chi connectivity index (χ3v) is 4.13. The van der Waals surface area contributed by atoms with Crippen molar-refractivity contribution in [2.24, 2.45) is 0 Å². The second-order valence-electron chi connectivity index (χ2n) is 5.17. The molecule has 112 valence electrons. The number of piperidine rings is 1. The average Bonchev–Trinajstić information content (AvgIpc) is 2.83. The van der Waals surface area contributed by atoms with E-state index in [0.717, 1.165) is 31.5 Å². The Morgan fingerprint density at radius 1 is 1.29 bits per heavy atom. The molecule has 1 aliphatic heterocycles. The molecule has 0 unspecified atom stereocenters. The SMILES string of the molecule is OC1CCN(Cn2nc(-c3ccc(Cl)cc3)oc2=S)CC1. The van der Waals surface area contributed by atoms with Gasteiger partial charge in [0.15, 0.2) is 0 Å². The molecule has 1 aliphatic rings. The summed E-state index contributed by atoms with van der Waals surface area (Å²) in [5.74, 6) is 0.494. The van der Waals surface area contributed by atoms with Crippen molar-refractivity contribution in [3.05, 3.63) is 34.1 Å². The van der Waals surface area contributed by atoms with Gasteiger partial charge in [0.25, 0.3) is 4.84 Å². The fourth-order valence-electron chi connectivity index (χ4n) is 2.35. The molecule has 3 rings (SSSR count). The lowest BCUT2D eigenvalue weighted by atomic mass is 10.1. The number of benzene rings is 1. The molecule has 1 saturated heterocycles. The molecular formula is C14H16ClN3O2S. The summed E-state index contributed by atoms with van der Waals surface area (Å²) in [6.07, 6.45) is 1.39.